The van der Waals surface area contributed by atoms with E-state index in [1.807, 2.05) is 60.7 Å². The highest BCUT2D eigenvalue weighted by molar-refractivity contribution is 6.04. The van der Waals surface area contributed by atoms with Gasteiger partial charge >= 0.3 is 0 Å². The number of nitrogens with zero attached hydrogens (tertiary/aromatic N) is 1. The molecule has 4 aromatic rings. The van der Waals surface area contributed by atoms with Crippen molar-refractivity contribution >= 4 is 34.2 Å². The van der Waals surface area contributed by atoms with Gasteiger partial charge in [-0.1, -0.05) is 50.1 Å². The Balaban J connectivity index is 1.29. The largest absolute Gasteiger partial charge is 0.338 e. The molecular formula is C28H28N4O2. The summed E-state index contributed by atoms with van der Waals surface area (Å²) in [4.78, 5) is 33.3. The molecule has 0 saturated heterocycles. The van der Waals surface area contributed by atoms with Crippen molar-refractivity contribution in [3.63, 3.8) is 0 Å². The van der Waals surface area contributed by atoms with E-state index in [4.69, 9.17) is 0 Å². The second kappa shape index (κ2) is 9.51. The van der Waals surface area contributed by atoms with Crippen molar-refractivity contribution in [2.75, 3.05) is 10.6 Å². The maximum Gasteiger partial charge on any atom is 0.255 e. The van der Waals surface area contributed by atoms with Crippen LogP contribution < -0.4 is 10.6 Å². The third-order valence-electron chi connectivity index (χ3n) is 6.65. The van der Waals surface area contributed by atoms with Gasteiger partial charge in [-0.3, -0.25) is 9.59 Å². The summed E-state index contributed by atoms with van der Waals surface area (Å²) in [6, 6.07) is 22.5. The van der Waals surface area contributed by atoms with Crippen LogP contribution in [0.2, 0.25) is 0 Å². The summed E-state index contributed by atoms with van der Waals surface area (Å²) < 4.78 is 0. The zero-order chi connectivity index (χ0) is 23.5. The van der Waals surface area contributed by atoms with Crippen LogP contribution in [0.3, 0.4) is 0 Å². The fraction of sp³-hybridized carbons (Fsp3) is 0.250. The number of carbonyl (C=O) groups is 2. The molecule has 6 nitrogen and oxygen atoms in total. The third-order valence-corrected chi connectivity index (χ3v) is 6.65. The van der Waals surface area contributed by atoms with E-state index in [-0.39, 0.29) is 17.7 Å². The lowest BCUT2D eigenvalue weighted by Crippen LogP contribution is -2.30. The van der Waals surface area contributed by atoms with Gasteiger partial charge in [-0.2, -0.15) is 0 Å². The number of benzene rings is 3. The van der Waals surface area contributed by atoms with Crippen LogP contribution in [0.15, 0.2) is 72.8 Å². The van der Waals surface area contributed by atoms with Crippen LogP contribution in [0.25, 0.3) is 22.4 Å². The van der Waals surface area contributed by atoms with Gasteiger partial charge in [0, 0.05) is 28.4 Å². The van der Waals surface area contributed by atoms with E-state index >= 15 is 0 Å². The highest BCUT2D eigenvalue weighted by Crippen LogP contribution is 2.31. The number of fused-ring (bicyclic) bond motifs is 1. The lowest BCUT2D eigenvalue weighted by atomic mass is 9.80. The van der Waals surface area contributed by atoms with Crippen molar-refractivity contribution in [3.8, 4) is 11.4 Å². The summed E-state index contributed by atoms with van der Waals surface area (Å²) in [6.45, 7) is 2.17. The highest BCUT2D eigenvalue weighted by Gasteiger charge is 2.27. The van der Waals surface area contributed by atoms with E-state index in [9.17, 15) is 9.59 Å². The lowest BCUT2D eigenvalue weighted by molar-refractivity contribution is -0.122. The van der Waals surface area contributed by atoms with Gasteiger partial charge in [-0.25, -0.2) is 4.98 Å². The molecule has 1 fully saturated rings. The van der Waals surface area contributed by atoms with Crippen molar-refractivity contribution < 1.29 is 9.59 Å². The number of amides is 2. The molecule has 2 unspecified atom stereocenters. The van der Waals surface area contributed by atoms with E-state index in [1.165, 1.54) is 6.42 Å². The Morgan fingerprint density at radius 1 is 0.882 bits per heavy atom. The summed E-state index contributed by atoms with van der Waals surface area (Å²) >= 11 is 0. The molecule has 0 aliphatic heterocycles. The molecule has 0 spiro atoms. The van der Waals surface area contributed by atoms with Crippen LogP contribution in [0, 0.1) is 11.8 Å². The maximum absolute atomic E-state index is 12.8. The standard InChI is InChI=1S/C28H28N4O2/c1-18-7-5-6-10-23(18)28(34)30-22-15-16-24-25(17-22)32-26(31-24)19-11-13-20(14-12-19)27(33)29-21-8-3-2-4-9-21/h2-4,8-9,11-18,23H,5-7,10H2,1H3,(H,29,33)(H,30,34)(H,31,32). The Morgan fingerprint density at radius 2 is 1.65 bits per heavy atom. The fourth-order valence-electron chi connectivity index (χ4n) is 4.67. The van der Waals surface area contributed by atoms with Gasteiger partial charge in [0.2, 0.25) is 5.91 Å². The van der Waals surface area contributed by atoms with Crippen LogP contribution >= 0.6 is 0 Å². The van der Waals surface area contributed by atoms with Crippen LogP contribution in [0.1, 0.15) is 43.0 Å². The molecule has 0 bridgehead atoms. The summed E-state index contributed by atoms with van der Waals surface area (Å²) in [7, 11) is 0. The van der Waals surface area contributed by atoms with Crippen molar-refractivity contribution in [2.24, 2.45) is 11.8 Å². The zero-order valence-electron chi connectivity index (χ0n) is 19.2. The molecule has 1 saturated carbocycles. The summed E-state index contributed by atoms with van der Waals surface area (Å²) in [5, 5.41) is 5.98. The number of nitrogens with one attached hydrogen (secondary N) is 3. The highest BCUT2D eigenvalue weighted by atomic mass is 16.2. The predicted octanol–water partition coefficient (Wildman–Crippen LogP) is 6.25. The molecular weight excluding hydrogens is 424 g/mol. The number of anilines is 2. The Kier molecular flexibility index (Phi) is 6.12. The summed E-state index contributed by atoms with van der Waals surface area (Å²) in [6.07, 6.45) is 4.42. The monoisotopic (exact) mass is 452 g/mol. The van der Waals surface area contributed by atoms with Gasteiger partial charge in [-0.15, -0.1) is 0 Å². The Morgan fingerprint density at radius 3 is 2.41 bits per heavy atom. The number of H-pyrrole nitrogens is 1. The van der Waals surface area contributed by atoms with E-state index in [1.54, 1.807) is 12.1 Å². The van der Waals surface area contributed by atoms with Gasteiger partial charge in [-0.05, 0) is 61.2 Å². The number of hydrogen-bond acceptors (Lipinski definition) is 3. The molecule has 3 aromatic carbocycles. The maximum atomic E-state index is 12.8. The number of hydrogen-bond donors (Lipinski definition) is 3. The first-order valence-corrected chi connectivity index (χ1v) is 11.8. The van der Waals surface area contributed by atoms with Gasteiger partial charge in [0.1, 0.15) is 5.82 Å². The van der Waals surface area contributed by atoms with E-state index in [0.717, 1.165) is 53.1 Å². The molecule has 0 radical (unpaired) electrons. The van der Waals surface area contributed by atoms with Crippen molar-refractivity contribution in [1.29, 1.82) is 0 Å². The number of aromatic nitrogens is 2. The second-order valence-electron chi connectivity index (χ2n) is 9.07. The average molecular weight is 453 g/mol. The molecule has 1 aliphatic rings. The minimum Gasteiger partial charge on any atom is -0.338 e. The summed E-state index contributed by atoms with van der Waals surface area (Å²) in [5.74, 6) is 1.17. The van der Waals surface area contributed by atoms with E-state index in [0.29, 0.717) is 11.5 Å². The minimum atomic E-state index is -0.157. The van der Waals surface area contributed by atoms with Crippen LogP contribution in [-0.4, -0.2) is 21.8 Å². The van der Waals surface area contributed by atoms with Gasteiger partial charge in [0.05, 0.1) is 11.0 Å². The molecule has 1 aliphatic carbocycles. The molecule has 3 N–H and O–H groups in total. The number of carbonyl (C=O) groups excluding carboxylic acids is 2. The fourth-order valence-corrected chi connectivity index (χ4v) is 4.67. The Bertz CT molecular complexity index is 1310. The molecule has 2 amide bonds. The molecule has 2 atom stereocenters. The molecule has 34 heavy (non-hydrogen) atoms. The SMILES string of the molecule is CC1CCCCC1C(=O)Nc1ccc2nc(-c3ccc(C(=O)Nc4ccccc4)cc3)[nH]c2c1. The van der Waals surface area contributed by atoms with Crippen LogP contribution in [0.5, 0.6) is 0 Å². The average Bonchev–Trinajstić information content (AvgIpc) is 3.28. The normalized spacial score (nSPS) is 17.9. The molecule has 5 rings (SSSR count). The first-order chi connectivity index (χ1) is 16.6. The first kappa shape index (κ1) is 21.9. The Hall–Kier alpha value is -3.93. The second-order valence-corrected chi connectivity index (χ2v) is 9.07. The number of para-hydroxylation sites is 1. The van der Waals surface area contributed by atoms with Crippen LogP contribution in [0.4, 0.5) is 11.4 Å². The first-order valence-electron chi connectivity index (χ1n) is 11.8. The predicted molar refractivity (Wildman–Crippen MR) is 136 cm³/mol. The molecule has 1 aromatic heterocycles. The van der Waals surface area contributed by atoms with E-state index in [2.05, 4.69) is 27.5 Å². The van der Waals surface area contributed by atoms with Crippen molar-refractivity contribution in [3.05, 3.63) is 78.4 Å². The molecule has 1 heterocycles. The topological polar surface area (TPSA) is 86.9 Å². The number of imidazole rings is 1. The molecule has 6 heteroatoms. The number of rotatable bonds is 5. The molecule has 172 valence electrons. The van der Waals surface area contributed by atoms with Crippen LogP contribution in [-0.2, 0) is 4.79 Å². The third kappa shape index (κ3) is 4.71. The van der Waals surface area contributed by atoms with E-state index < -0.39 is 0 Å². The summed E-state index contributed by atoms with van der Waals surface area (Å²) in [5.41, 5.74) is 4.67. The van der Waals surface area contributed by atoms with Crippen molar-refractivity contribution in [2.45, 2.75) is 32.6 Å². The Labute approximate surface area is 198 Å². The van der Waals surface area contributed by atoms with Gasteiger partial charge in [0.15, 0.2) is 0 Å². The lowest BCUT2D eigenvalue weighted by Gasteiger charge is -2.27. The zero-order valence-corrected chi connectivity index (χ0v) is 19.2. The number of aromatic amines is 1. The van der Waals surface area contributed by atoms with Gasteiger partial charge < -0.3 is 15.6 Å². The quantitative estimate of drug-likeness (QED) is 0.335. The smallest absolute Gasteiger partial charge is 0.255 e. The van der Waals surface area contributed by atoms with Crippen molar-refractivity contribution in [1.82, 2.24) is 9.97 Å². The minimum absolute atomic E-state index is 0.0828. The van der Waals surface area contributed by atoms with Gasteiger partial charge in [0.25, 0.3) is 5.91 Å².